The summed E-state index contributed by atoms with van der Waals surface area (Å²) < 4.78 is 0. The van der Waals surface area contributed by atoms with Crippen molar-refractivity contribution in [2.24, 2.45) is 10.9 Å². The van der Waals surface area contributed by atoms with Crippen LogP contribution in [-0.2, 0) is 6.54 Å². The Morgan fingerprint density at radius 1 is 1.18 bits per heavy atom. The first-order chi connectivity index (χ1) is 13.7. The minimum absolute atomic E-state index is 0.508. The highest BCUT2D eigenvalue weighted by molar-refractivity contribution is 5.80. The molecule has 2 N–H and O–H groups in total. The van der Waals surface area contributed by atoms with Crippen LogP contribution >= 0.6 is 0 Å². The molecule has 0 aromatic heterocycles. The van der Waals surface area contributed by atoms with E-state index in [0.717, 1.165) is 31.5 Å². The molecular weight excluding hydrogens is 346 g/mol. The fourth-order valence-electron chi connectivity index (χ4n) is 4.63. The maximum absolute atomic E-state index is 4.48. The Balaban J connectivity index is 1.40. The fraction of sp³-hybridized carbons (Fsp3) is 0.696. The lowest BCUT2D eigenvalue weighted by molar-refractivity contribution is 0.134. The first-order valence-corrected chi connectivity index (χ1v) is 11.2. The molecule has 2 heterocycles. The van der Waals surface area contributed by atoms with Crippen molar-refractivity contribution in [3.05, 3.63) is 35.9 Å². The molecule has 0 radical (unpaired) electrons. The zero-order valence-corrected chi connectivity index (χ0v) is 18.0. The van der Waals surface area contributed by atoms with Crippen LogP contribution in [0.15, 0.2) is 35.3 Å². The average molecular weight is 386 g/mol. The van der Waals surface area contributed by atoms with E-state index in [2.05, 4.69) is 69.6 Å². The maximum atomic E-state index is 4.48. The molecule has 28 heavy (non-hydrogen) atoms. The molecule has 1 aromatic carbocycles. The zero-order valence-electron chi connectivity index (χ0n) is 18.0. The van der Waals surface area contributed by atoms with Crippen LogP contribution in [0.4, 0.5) is 0 Å². The van der Waals surface area contributed by atoms with Crippen LogP contribution in [0.5, 0.6) is 0 Å². The molecule has 0 bridgehead atoms. The van der Waals surface area contributed by atoms with Crippen LogP contribution in [0.1, 0.15) is 45.1 Å². The van der Waals surface area contributed by atoms with Crippen LogP contribution in [0.25, 0.3) is 0 Å². The standard InChI is InChI=1S/C23H39N5/c1-4-12-27-13-10-21(17-27)16-25-23(24-3)26-22-11-14-28(19(2)15-22)18-20-8-6-5-7-9-20/h5-9,19,21-22H,4,10-18H2,1-3H3,(H2,24,25,26). The number of guanidine groups is 1. The van der Waals surface area contributed by atoms with E-state index in [9.17, 15) is 0 Å². The number of aliphatic imine (C=N–C) groups is 1. The molecule has 3 unspecified atom stereocenters. The van der Waals surface area contributed by atoms with Gasteiger partial charge in [-0.3, -0.25) is 9.89 Å². The molecule has 3 rings (SSSR count). The van der Waals surface area contributed by atoms with Crippen molar-refractivity contribution in [2.75, 3.05) is 39.8 Å². The largest absolute Gasteiger partial charge is 0.356 e. The van der Waals surface area contributed by atoms with Gasteiger partial charge in [0.1, 0.15) is 0 Å². The van der Waals surface area contributed by atoms with Gasteiger partial charge in [0.05, 0.1) is 0 Å². The summed E-state index contributed by atoms with van der Waals surface area (Å²) in [5.74, 6) is 1.72. The highest BCUT2D eigenvalue weighted by Gasteiger charge is 2.26. The van der Waals surface area contributed by atoms with Gasteiger partial charge >= 0.3 is 0 Å². The summed E-state index contributed by atoms with van der Waals surface area (Å²) in [4.78, 5) is 9.67. The molecule has 0 spiro atoms. The van der Waals surface area contributed by atoms with Gasteiger partial charge in [0.25, 0.3) is 0 Å². The summed E-state index contributed by atoms with van der Waals surface area (Å²) in [5.41, 5.74) is 1.41. The smallest absolute Gasteiger partial charge is 0.191 e. The van der Waals surface area contributed by atoms with E-state index in [0.29, 0.717) is 12.1 Å². The second kappa shape index (κ2) is 10.8. The Morgan fingerprint density at radius 2 is 2.00 bits per heavy atom. The van der Waals surface area contributed by atoms with E-state index < -0.39 is 0 Å². The van der Waals surface area contributed by atoms with Crippen LogP contribution in [0.3, 0.4) is 0 Å². The predicted octanol–water partition coefficient (Wildman–Crippen LogP) is 2.94. The number of hydrogen-bond donors (Lipinski definition) is 2. The molecule has 2 aliphatic heterocycles. The van der Waals surface area contributed by atoms with Gasteiger partial charge in [0.2, 0.25) is 0 Å². The second-order valence-corrected chi connectivity index (χ2v) is 8.58. The summed E-state index contributed by atoms with van der Waals surface area (Å²) in [5, 5.41) is 7.27. The van der Waals surface area contributed by atoms with Crippen molar-refractivity contribution in [2.45, 2.75) is 58.2 Å². The van der Waals surface area contributed by atoms with Gasteiger partial charge in [-0.1, -0.05) is 37.3 Å². The van der Waals surface area contributed by atoms with Gasteiger partial charge in [0.15, 0.2) is 5.96 Å². The minimum Gasteiger partial charge on any atom is -0.356 e. The number of piperidine rings is 1. The molecule has 2 fully saturated rings. The number of nitrogens with zero attached hydrogens (tertiary/aromatic N) is 3. The van der Waals surface area contributed by atoms with Gasteiger partial charge in [0, 0.05) is 45.3 Å². The number of rotatable bonds is 7. The lowest BCUT2D eigenvalue weighted by Crippen LogP contribution is -2.51. The van der Waals surface area contributed by atoms with Crippen LogP contribution in [0, 0.1) is 5.92 Å². The third kappa shape index (κ3) is 6.21. The van der Waals surface area contributed by atoms with E-state index in [1.54, 1.807) is 0 Å². The predicted molar refractivity (Wildman–Crippen MR) is 119 cm³/mol. The maximum Gasteiger partial charge on any atom is 0.191 e. The first-order valence-electron chi connectivity index (χ1n) is 11.2. The summed E-state index contributed by atoms with van der Waals surface area (Å²) in [7, 11) is 1.89. The molecular formula is C23H39N5. The zero-order chi connectivity index (χ0) is 19.8. The Morgan fingerprint density at radius 3 is 2.71 bits per heavy atom. The lowest BCUT2D eigenvalue weighted by atomic mass is 9.97. The third-order valence-electron chi connectivity index (χ3n) is 6.27. The van der Waals surface area contributed by atoms with Crippen LogP contribution in [0.2, 0.25) is 0 Å². The summed E-state index contributed by atoms with van der Waals surface area (Å²) in [6, 6.07) is 11.9. The van der Waals surface area contributed by atoms with Crippen LogP contribution < -0.4 is 10.6 Å². The van der Waals surface area contributed by atoms with Crippen molar-refractivity contribution < 1.29 is 0 Å². The van der Waals surface area contributed by atoms with Gasteiger partial charge < -0.3 is 15.5 Å². The Labute approximate surface area is 171 Å². The third-order valence-corrected chi connectivity index (χ3v) is 6.27. The monoisotopic (exact) mass is 385 g/mol. The molecule has 3 atom stereocenters. The van der Waals surface area contributed by atoms with Gasteiger partial charge in [-0.05, 0) is 57.2 Å². The topological polar surface area (TPSA) is 42.9 Å². The molecule has 5 heteroatoms. The van der Waals surface area contributed by atoms with E-state index in [1.165, 1.54) is 50.9 Å². The van der Waals surface area contributed by atoms with Gasteiger partial charge in [-0.2, -0.15) is 0 Å². The highest BCUT2D eigenvalue weighted by Crippen LogP contribution is 2.20. The number of likely N-dealkylation sites (tertiary alicyclic amines) is 2. The molecule has 1 aromatic rings. The Kier molecular flexibility index (Phi) is 8.16. The van der Waals surface area contributed by atoms with Gasteiger partial charge in [-0.25, -0.2) is 0 Å². The normalized spacial score (nSPS) is 27.1. The number of benzene rings is 1. The van der Waals surface area contributed by atoms with Crippen LogP contribution in [-0.4, -0.2) is 67.6 Å². The van der Waals surface area contributed by atoms with Crippen molar-refractivity contribution in [3.8, 4) is 0 Å². The molecule has 0 amide bonds. The first kappa shape index (κ1) is 21.1. The highest BCUT2D eigenvalue weighted by atomic mass is 15.2. The summed E-state index contributed by atoms with van der Waals surface area (Å²) >= 11 is 0. The molecule has 0 saturated carbocycles. The molecule has 2 saturated heterocycles. The number of hydrogen-bond acceptors (Lipinski definition) is 3. The van der Waals surface area contributed by atoms with E-state index in [-0.39, 0.29) is 0 Å². The quantitative estimate of drug-likeness (QED) is 0.559. The van der Waals surface area contributed by atoms with Gasteiger partial charge in [-0.15, -0.1) is 0 Å². The van der Waals surface area contributed by atoms with E-state index >= 15 is 0 Å². The Bertz CT molecular complexity index is 602. The second-order valence-electron chi connectivity index (χ2n) is 8.58. The Hall–Kier alpha value is -1.59. The van der Waals surface area contributed by atoms with Crippen molar-refractivity contribution in [1.82, 2.24) is 20.4 Å². The SMILES string of the molecule is CCCN1CCC(CNC(=NC)NC2CCN(Cc3ccccc3)C(C)C2)C1. The molecule has 156 valence electrons. The minimum atomic E-state index is 0.508. The van der Waals surface area contributed by atoms with E-state index in [1.807, 2.05) is 7.05 Å². The molecule has 2 aliphatic rings. The molecule has 5 nitrogen and oxygen atoms in total. The summed E-state index contributed by atoms with van der Waals surface area (Å²) in [6.07, 6.45) is 4.90. The lowest BCUT2D eigenvalue weighted by Gasteiger charge is -2.38. The summed E-state index contributed by atoms with van der Waals surface area (Å²) in [6.45, 7) is 11.6. The van der Waals surface area contributed by atoms with E-state index in [4.69, 9.17) is 0 Å². The van der Waals surface area contributed by atoms with Crippen molar-refractivity contribution in [1.29, 1.82) is 0 Å². The average Bonchev–Trinajstić information content (AvgIpc) is 3.16. The van der Waals surface area contributed by atoms with Crippen molar-refractivity contribution >= 4 is 5.96 Å². The fourth-order valence-corrected chi connectivity index (χ4v) is 4.63. The van der Waals surface area contributed by atoms with Crippen molar-refractivity contribution in [3.63, 3.8) is 0 Å². The number of nitrogens with one attached hydrogen (secondary N) is 2. The molecule has 0 aliphatic carbocycles.